The summed E-state index contributed by atoms with van der Waals surface area (Å²) in [5, 5.41) is 12.1. The Hall–Kier alpha value is -7.09. The van der Waals surface area contributed by atoms with Crippen LogP contribution in [0.2, 0.25) is 0 Å². The topological polar surface area (TPSA) is 54.5 Å². The molecule has 0 saturated carbocycles. The normalized spacial score (nSPS) is 12.8. The van der Waals surface area contributed by atoms with E-state index in [-0.39, 0.29) is 5.41 Å². The van der Waals surface area contributed by atoms with Gasteiger partial charge in [0.25, 0.3) is 0 Å². The molecular weight excluding hydrogens is 657 g/mol. The summed E-state index contributed by atoms with van der Waals surface area (Å²) in [6, 6.07) is 61.7. The Morgan fingerprint density at radius 1 is 0.519 bits per heavy atom. The Bertz CT molecular complexity index is 2890. The van der Waals surface area contributed by atoms with Gasteiger partial charge < -0.3 is 4.57 Å². The number of nitrogens with zero attached hydrogens (tertiary/aromatic N) is 4. The monoisotopic (exact) mass is 690 g/mol. The Morgan fingerprint density at radius 2 is 1.15 bits per heavy atom. The van der Waals surface area contributed by atoms with Gasteiger partial charge in [-0.05, 0) is 75.8 Å². The number of nitriles is 1. The zero-order chi connectivity index (χ0) is 36.4. The third-order valence-electron chi connectivity index (χ3n) is 11.0. The van der Waals surface area contributed by atoms with Crippen LogP contribution in [-0.4, -0.2) is 14.5 Å². The van der Waals surface area contributed by atoms with Crippen LogP contribution in [0.4, 0.5) is 0 Å². The molecule has 0 saturated heterocycles. The summed E-state index contributed by atoms with van der Waals surface area (Å²) in [6.45, 7) is 4.71. The zero-order valence-electron chi connectivity index (χ0n) is 30.0. The van der Waals surface area contributed by atoms with Crippen molar-refractivity contribution in [2.24, 2.45) is 0 Å². The maximum atomic E-state index is 9.62. The first-order valence-electron chi connectivity index (χ1n) is 18.3. The van der Waals surface area contributed by atoms with Gasteiger partial charge in [-0.2, -0.15) is 5.26 Å². The van der Waals surface area contributed by atoms with Crippen LogP contribution in [0.3, 0.4) is 0 Å². The predicted molar refractivity (Wildman–Crippen MR) is 220 cm³/mol. The molecule has 0 aliphatic heterocycles. The molecule has 0 spiro atoms. The molecule has 54 heavy (non-hydrogen) atoms. The largest absolute Gasteiger partial charge is 0.309 e. The standard InChI is InChI=1S/C50H34N4/c1-50(2)43-19-11-9-17-39(43)41-25-26-42-40-18-10-12-20-46(40)54(48(42)47(41)50)38-28-36(33-23-21-32(31-51)22-24-33)27-37(29-38)49-52-44(34-13-5-3-6-14-34)30-45(53-49)35-15-7-4-8-16-35/h3-30H,1-2H3. The van der Waals surface area contributed by atoms with Gasteiger partial charge in [-0.25, -0.2) is 9.97 Å². The molecule has 0 bridgehead atoms. The highest BCUT2D eigenvalue weighted by Gasteiger charge is 2.38. The highest BCUT2D eigenvalue weighted by atomic mass is 15.0. The fourth-order valence-corrected chi connectivity index (χ4v) is 8.44. The maximum Gasteiger partial charge on any atom is 0.160 e. The molecule has 1 aliphatic carbocycles. The Morgan fingerprint density at radius 3 is 1.85 bits per heavy atom. The summed E-state index contributed by atoms with van der Waals surface area (Å²) < 4.78 is 2.45. The van der Waals surface area contributed by atoms with Crippen LogP contribution in [0.15, 0.2) is 170 Å². The second-order valence-corrected chi connectivity index (χ2v) is 14.6. The molecule has 0 atom stereocenters. The second kappa shape index (κ2) is 12.3. The van der Waals surface area contributed by atoms with E-state index < -0.39 is 0 Å². The zero-order valence-corrected chi connectivity index (χ0v) is 30.0. The SMILES string of the molecule is CC1(C)c2ccccc2-c2ccc3c4ccccc4n(-c4cc(-c5ccc(C#N)cc5)cc(-c5nc(-c6ccccc6)cc(-c6ccccc6)n5)c4)c3c21. The van der Waals surface area contributed by atoms with Crippen molar-refractivity contribution in [3.05, 3.63) is 187 Å². The van der Waals surface area contributed by atoms with Crippen LogP contribution in [0.1, 0.15) is 30.5 Å². The molecule has 2 heterocycles. The third kappa shape index (κ3) is 4.98. The quantitative estimate of drug-likeness (QED) is 0.181. The lowest BCUT2D eigenvalue weighted by molar-refractivity contribution is 0.664. The van der Waals surface area contributed by atoms with Crippen LogP contribution < -0.4 is 0 Å². The smallest absolute Gasteiger partial charge is 0.160 e. The fourth-order valence-electron chi connectivity index (χ4n) is 8.44. The van der Waals surface area contributed by atoms with Gasteiger partial charge in [-0.1, -0.05) is 141 Å². The van der Waals surface area contributed by atoms with E-state index >= 15 is 0 Å². The van der Waals surface area contributed by atoms with E-state index in [4.69, 9.17) is 9.97 Å². The van der Waals surface area contributed by atoms with Gasteiger partial charge in [0.2, 0.25) is 0 Å². The van der Waals surface area contributed by atoms with Crippen molar-refractivity contribution in [1.82, 2.24) is 14.5 Å². The summed E-state index contributed by atoms with van der Waals surface area (Å²) in [5.41, 5.74) is 15.7. The molecule has 254 valence electrons. The number of rotatable bonds is 5. The first-order chi connectivity index (χ1) is 26.5. The summed E-state index contributed by atoms with van der Waals surface area (Å²) in [7, 11) is 0. The van der Waals surface area contributed by atoms with Gasteiger partial charge in [0.15, 0.2) is 5.82 Å². The Balaban J connectivity index is 1.29. The molecule has 4 heteroatoms. The average Bonchev–Trinajstić information content (AvgIpc) is 3.69. The minimum atomic E-state index is -0.219. The van der Waals surface area contributed by atoms with Crippen LogP contribution in [0, 0.1) is 11.3 Å². The lowest BCUT2D eigenvalue weighted by Crippen LogP contribution is -2.16. The minimum absolute atomic E-state index is 0.219. The molecule has 0 fully saturated rings. The molecule has 0 N–H and O–H groups in total. The number of benzene rings is 7. The molecule has 0 radical (unpaired) electrons. The molecule has 0 unspecified atom stereocenters. The van der Waals surface area contributed by atoms with E-state index in [2.05, 4.69) is 134 Å². The van der Waals surface area contributed by atoms with Crippen molar-refractivity contribution in [3.8, 4) is 67.9 Å². The number of hydrogen-bond acceptors (Lipinski definition) is 3. The number of hydrogen-bond donors (Lipinski definition) is 0. The lowest BCUT2D eigenvalue weighted by Gasteiger charge is -2.24. The van der Waals surface area contributed by atoms with Crippen molar-refractivity contribution >= 4 is 21.8 Å². The molecule has 7 aromatic carbocycles. The molecule has 9 aromatic rings. The van der Waals surface area contributed by atoms with E-state index in [0.29, 0.717) is 11.4 Å². The van der Waals surface area contributed by atoms with Crippen LogP contribution >= 0.6 is 0 Å². The summed E-state index contributed by atoms with van der Waals surface area (Å²) in [6.07, 6.45) is 0. The third-order valence-corrected chi connectivity index (χ3v) is 11.0. The van der Waals surface area contributed by atoms with Gasteiger partial charge in [0.1, 0.15) is 0 Å². The molecule has 10 rings (SSSR count). The fraction of sp³-hybridized carbons (Fsp3) is 0.0600. The van der Waals surface area contributed by atoms with Gasteiger partial charge >= 0.3 is 0 Å². The number of para-hydroxylation sites is 1. The van der Waals surface area contributed by atoms with Crippen molar-refractivity contribution in [2.45, 2.75) is 19.3 Å². The lowest BCUT2D eigenvalue weighted by atomic mass is 9.81. The first-order valence-corrected chi connectivity index (χ1v) is 18.3. The van der Waals surface area contributed by atoms with E-state index in [1.807, 2.05) is 60.7 Å². The van der Waals surface area contributed by atoms with E-state index in [9.17, 15) is 5.26 Å². The summed E-state index contributed by atoms with van der Waals surface area (Å²) in [4.78, 5) is 10.5. The van der Waals surface area contributed by atoms with Crippen LogP contribution in [0.5, 0.6) is 0 Å². The van der Waals surface area contributed by atoms with Gasteiger partial charge in [0, 0.05) is 38.6 Å². The Labute approximate surface area is 314 Å². The van der Waals surface area contributed by atoms with Crippen molar-refractivity contribution in [1.29, 1.82) is 5.26 Å². The predicted octanol–water partition coefficient (Wildman–Crippen LogP) is 12.4. The molecular formula is C50H34N4. The number of fused-ring (bicyclic) bond motifs is 7. The van der Waals surface area contributed by atoms with E-state index in [1.165, 1.54) is 38.5 Å². The van der Waals surface area contributed by atoms with Crippen LogP contribution in [-0.2, 0) is 5.41 Å². The summed E-state index contributed by atoms with van der Waals surface area (Å²) >= 11 is 0. The first kappa shape index (κ1) is 31.6. The van der Waals surface area contributed by atoms with Gasteiger partial charge in [0.05, 0.1) is 34.1 Å². The van der Waals surface area contributed by atoms with E-state index in [1.54, 1.807) is 0 Å². The molecule has 2 aromatic heterocycles. The highest BCUT2D eigenvalue weighted by molar-refractivity contribution is 6.13. The van der Waals surface area contributed by atoms with Crippen LogP contribution in [0.25, 0.3) is 83.6 Å². The van der Waals surface area contributed by atoms with E-state index in [0.717, 1.165) is 50.4 Å². The molecule has 1 aliphatic rings. The molecule has 4 nitrogen and oxygen atoms in total. The highest BCUT2D eigenvalue weighted by Crippen LogP contribution is 2.53. The summed E-state index contributed by atoms with van der Waals surface area (Å²) in [5.74, 6) is 0.644. The van der Waals surface area contributed by atoms with Crippen molar-refractivity contribution in [3.63, 3.8) is 0 Å². The van der Waals surface area contributed by atoms with Gasteiger partial charge in [-0.15, -0.1) is 0 Å². The maximum absolute atomic E-state index is 9.62. The average molecular weight is 691 g/mol. The Kier molecular flexibility index (Phi) is 7.18. The van der Waals surface area contributed by atoms with Crippen molar-refractivity contribution in [2.75, 3.05) is 0 Å². The number of aromatic nitrogens is 3. The second-order valence-electron chi connectivity index (χ2n) is 14.6. The molecule has 0 amide bonds. The van der Waals surface area contributed by atoms with Gasteiger partial charge in [-0.3, -0.25) is 0 Å². The van der Waals surface area contributed by atoms with Crippen molar-refractivity contribution < 1.29 is 0 Å². The minimum Gasteiger partial charge on any atom is -0.309 e.